The van der Waals surface area contributed by atoms with Crippen LogP contribution in [0.2, 0.25) is 0 Å². The maximum absolute atomic E-state index is 11.9. The van der Waals surface area contributed by atoms with Crippen molar-refractivity contribution in [2.45, 2.75) is 33.6 Å². The van der Waals surface area contributed by atoms with Crippen LogP contribution in [0.5, 0.6) is 0 Å². The predicted octanol–water partition coefficient (Wildman–Crippen LogP) is 4.48. The molecule has 2 rings (SSSR count). The molecule has 6 heteroatoms. The molecule has 0 aliphatic rings. The highest BCUT2D eigenvalue weighted by atomic mass is 16.2. The van der Waals surface area contributed by atoms with Crippen molar-refractivity contribution < 1.29 is 4.79 Å². The van der Waals surface area contributed by atoms with Gasteiger partial charge in [0.2, 0.25) is 0 Å². The molecule has 0 radical (unpaired) electrons. The summed E-state index contributed by atoms with van der Waals surface area (Å²) in [6.45, 7) is 6.53. The first-order chi connectivity index (χ1) is 13.1. The second kappa shape index (κ2) is 12.2. The number of pyridine rings is 1. The zero-order chi connectivity index (χ0) is 20.1. The van der Waals surface area contributed by atoms with Gasteiger partial charge in [0, 0.05) is 30.8 Å². The highest BCUT2D eigenvalue weighted by Crippen LogP contribution is 2.25. The quantitative estimate of drug-likeness (QED) is 0.428. The Balaban J connectivity index is 0.00000176. The SMILES string of the molecule is CC.Cc1cc(NC(=O)NCCC/C(C=N)=C/N)ccc1-c1ccncc1. The van der Waals surface area contributed by atoms with Crippen molar-refractivity contribution in [2.75, 3.05) is 11.9 Å². The number of nitrogens with zero attached hydrogens (tertiary/aromatic N) is 1. The highest BCUT2D eigenvalue weighted by molar-refractivity contribution is 5.89. The van der Waals surface area contributed by atoms with E-state index in [2.05, 4.69) is 15.6 Å². The molecule has 1 aromatic heterocycles. The molecule has 5 N–H and O–H groups in total. The summed E-state index contributed by atoms with van der Waals surface area (Å²) in [7, 11) is 0. The summed E-state index contributed by atoms with van der Waals surface area (Å²) in [6.07, 6.45) is 7.57. The van der Waals surface area contributed by atoms with E-state index in [9.17, 15) is 4.79 Å². The number of nitrogens with two attached hydrogens (primary N) is 1. The Kier molecular flexibility index (Phi) is 9.93. The molecule has 0 atom stereocenters. The van der Waals surface area contributed by atoms with Crippen molar-refractivity contribution in [1.29, 1.82) is 5.41 Å². The third kappa shape index (κ3) is 7.32. The molecule has 1 heterocycles. The summed E-state index contributed by atoms with van der Waals surface area (Å²) in [5.74, 6) is 0. The van der Waals surface area contributed by atoms with Gasteiger partial charge in [0.1, 0.15) is 0 Å². The van der Waals surface area contributed by atoms with Crippen LogP contribution in [0.15, 0.2) is 54.5 Å². The number of aromatic nitrogens is 1. The largest absolute Gasteiger partial charge is 0.404 e. The first kappa shape index (κ1) is 21.9. The van der Waals surface area contributed by atoms with Crippen LogP contribution in [0.1, 0.15) is 32.3 Å². The fourth-order valence-electron chi connectivity index (χ4n) is 2.47. The van der Waals surface area contributed by atoms with Crippen molar-refractivity contribution in [3.63, 3.8) is 0 Å². The smallest absolute Gasteiger partial charge is 0.319 e. The zero-order valence-electron chi connectivity index (χ0n) is 16.3. The monoisotopic (exact) mass is 367 g/mol. The Hall–Kier alpha value is -3.15. The Bertz CT molecular complexity index is 756. The molecular weight excluding hydrogens is 338 g/mol. The van der Waals surface area contributed by atoms with Crippen molar-refractivity contribution in [3.8, 4) is 11.1 Å². The molecule has 0 spiro atoms. The summed E-state index contributed by atoms with van der Waals surface area (Å²) < 4.78 is 0. The minimum Gasteiger partial charge on any atom is -0.404 e. The standard InChI is InChI=1S/C19H23N5O.C2H6/c1-14-11-17(4-5-18(14)16-6-9-22-10-7-16)24-19(25)23-8-2-3-15(12-20)13-21;1-2/h4-7,9-13,20H,2-3,8,21H2,1H3,(H2,23,24,25);1-2H3/b15-13-,20-12?;. The summed E-state index contributed by atoms with van der Waals surface area (Å²) in [4.78, 5) is 16.0. The average molecular weight is 367 g/mol. The lowest BCUT2D eigenvalue weighted by Gasteiger charge is -2.11. The number of amides is 2. The van der Waals surface area contributed by atoms with Crippen molar-refractivity contribution in [1.82, 2.24) is 10.3 Å². The second-order valence-corrected chi connectivity index (χ2v) is 5.64. The van der Waals surface area contributed by atoms with E-state index in [-0.39, 0.29) is 6.03 Å². The van der Waals surface area contributed by atoms with E-state index in [1.165, 1.54) is 12.4 Å². The van der Waals surface area contributed by atoms with Gasteiger partial charge in [0.15, 0.2) is 0 Å². The van der Waals surface area contributed by atoms with E-state index in [1.54, 1.807) is 12.4 Å². The highest BCUT2D eigenvalue weighted by Gasteiger charge is 2.05. The molecule has 0 aliphatic heterocycles. The van der Waals surface area contributed by atoms with Crippen molar-refractivity contribution in [3.05, 3.63) is 60.1 Å². The van der Waals surface area contributed by atoms with E-state index in [4.69, 9.17) is 11.1 Å². The zero-order valence-corrected chi connectivity index (χ0v) is 16.3. The van der Waals surface area contributed by atoms with Crippen molar-refractivity contribution in [2.24, 2.45) is 5.73 Å². The molecule has 2 amide bonds. The normalized spacial score (nSPS) is 10.4. The molecule has 27 heavy (non-hydrogen) atoms. The number of hydrogen-bond donors (Lipinski definition) is 4. The van der Waals surface area contributed by atoms with E-state index >= 15 is 0 Å². The minimum absolute atomic E-state index is 0.246. The number of aryl methyl sites for hydroxylation is 1. The number of carbonyl (C=O) groups excluding carboxylic acids is 1. The molecule has 0 unspecified atom stereocenters. The van der Waals surface area contributed by atoms with Crippen LogP contribution in [-0.2, 0) is 0 Å². The minimum atomic E-state index is -0.246. The maximum atomic E-state index is 11.9. The van der Waals surface area contributed by atoms with Gasteiger partial charge in [-0.3, -0.25) is 4.98 Å². The van der Waals surface area contributed by atoms with Crippen LogP contribution in [-0.4, -0.2) is 23.8 Å². The lowest BCUT2D eigenvalue weighted by atomic mass is 10.0. The van der Waals surface area contributed by atoms with E-state index in [0.29, 0.717) is 13.0 Å². The Morgan fingerprint density at radius 3 is 2.52 bits per heavy atom. The van der Waals surface area contributed by atoms with E-state index in [0.717, 1.165) is 34.4 Å². The summed E-state index contributed by atoms with van der Waals surface area (Å²) in [5.41, 5.74) is 10.2. The van der Waals surface area contributed by atoms with E-state index < -0.39 is 0 Å². The van der Waals surface area contributed by atoms with E-state index in [1.807, 2.05) is 51.1 Å². The number of allylic oxidation sites excluding steroid dienone is 1. The molecule has 2 aromatic rings. The van der Waals surface area contributed by atoms with Crippen LogP contribution in [0.25, 0.3) is 11.1 Å². The summed E-state index contributed by atoms with van der Waals surface area (Å²) >= 11 is 0. The Labute approximate surface area is 161 Å². The fraction of sp³-hybridized carbons (Fsp3) is 0.286. The van der Waals surface area contributed by atoms with Gasteiger partial charge in [-0.15, -0.1) is 0 Å². The number of carbonyl (C=O) groups is 1. The number of nitrogens with one attached hydrogen (secondary N) is 3. The van der Waals surface area contributed by atoms with Gasteiger partial charge in [-0.2, -0.15) is 0 Å². The van der Waals surface area contributed by atoms with Gasteiger partial charge in [0.25, 0.3) is 0 Å². The van der Waals surface area contributed by atoms with Gasteiger partial charge in [-0.25, -0.2) is 4.79 Å². The molecule has 0 saturated heterocycles. The van der Waals surface area contributed by atoms with Crippen LogP contribution < -0.4 is 16.4 Å². The topological polar surface area (TPSA) is 104 Å². The molecule has 0 bridgehead atoms. The lowest BCUT2D eigenvalue weighted by molar-refractivity contribution is 0.252. The lowest BCUT2D eigenvalue weighted by Crippen LogP contribution is -2.29. The molecule has 1 aromatic carbocycles. The molecule has 0 fully saturated rings. The summed E-state index contributed by atoms with van der Waals surface area (Å²) in [5, 5.41) is 12.8. The molecule has 6 nitrogen and oxygen atoms in total. The van der Waals surface area contributed by atoms with Gasteiger partial charge in [-0.05, 0) is 72.5 Å². The third-order valence-corrected chi connectivity index (χ3v) is 3.80. The van der Waals surface area contributed by atoms with Crippen LogP contribution in [0.3, 0.4) is 0 Å². The van der Waals surface area contributed by atoms with Crippen molar-refractivity contribution >= 4 is 17.9 Å². The first-order valence-electron chi connectivity index (χ1n) is 9.11. The predicted molar refractivity (Wildman–Crippen MR) is 113 cm³/mol. The van der Waals surface area contributed by atoms with Crippen LogP contribution in [0.4, 0.5) is 10.5 Å². The third-order valence-electron chi connectivity index (χ3n) is 3.80. The molecule has 144 valence electrons. The molecular formula is C21H29N5O. The van der Waals surface area contributed by atoms with Gasteiger partial charge in [0.05, 0.1) is 0 Å². The number of hydrogen-bond acceptors (Lipinski definition) is 4. The van der Waals surface area contributed by atoms with Gasteiger partial charge < -0.3 is 21.8 Å². The first-order valence-corrected chi connectivity index (χ1v) is 9.11. The van der Waals surface area contributed by atoms with Gasteiger partial charge >= 0.3 is 6.03 Å². The summed E-state index contributed by atoms with van der Waals surface area (Å²) in [6, 6.07) is 9.49. The van der Waals surface area contributed by atoms with Crippen LogP contribution >= 0.6 is 0 Å². The average Bonchev–Trinajstić information content (AvgIpc) is 2.70. The molecule has 0 saturated carbocycles. The second-order valence-electron chi connectivity index (χ2n) is 5.64. The Morgan fingerprint density at radius 1 is 1.22 bits per heavy atom. The van der Waals surface area contributed by atoms with Gasteiger partial charge in [-0.1, -0.05) is 19.9 Å². The number of rotatable bonds is 7. The van der Waals surface area contributed by atoms with Crippen LogP contribution in [0, 0.1) is 12.3 Å². The number of anilines is 1. The maximum Gasteiger partial charge on any atom is 0.319 e. The Morgan fingerprint density at radius 2 is 1.93 bits per heavy atom. The fourth-order valence-corrected chi connectivity index (χ4v) is 2.47. The number of benzene rings is 1. The molecule has 0 aliphatic carbocycles. The number of urea groups is 1.